The summed E-state index contributed by atoms with van der Waals surface area (Å²) >= 11 is 0. The number of hydrogen-bond donors (Lipinski definition) is 0. The summed E-state index contributed by atoms with van der Waals surface area (Å²) in [5.74, 6) is 0. The molecule has 0 bridgehead atoms. The molecule has 0 aromatic carbocycles. The lowest BCUT2D eigenvalue weighted by atomic mass is 10.1. The van der Waals surface area contributed by atoms with Gasteiger partial charge in [-0.05, 0) is 36.5 Å². The van der Waals surface area contributed by atoms with E-state index in [9.17, 15) is 0 Å². The molecule has 1 aromatic heterocycles. The van der Waals surface area contributed by atoms with E-state index >= 15 is 0 Å². The van der Waals surface area contributed by atoms with Crippen molar-refractivity contribution in [3.05, 3.63) is 35.7 Å². The molecule has 0 unspecified atom stereocenters. The van der Waals surface area contributed by atoms with Crippen molar-refractivity contribution in [1.29, 1.82) is 0 Å². The van der Waals surface area contributed by atoms with Crippen LogP contribution in [-0.2, 0) is 6.42 Å². The lowest BCUT2D eigenvalue weighted by Gasteiger charge is -1.99. The first-order valence-corrected chi connectivity index (χ1v) is 4.06. The van der Waals surface area contributed by atoms with E-state index in [4.69, 9.17) is 0 Å². The van der Waals surface area contributed by atoms with E-state index in [1.807, 2.05) is 12.4 Å². The molecule has 0 fully saturated rings. The second-order valence-corrected chi connectivity index (χ2v) is 2.87. The highest BCUT2D eigenvalue weighted by molar-refractivity contribution is 5.53. The third-order valence-corrected chi connectivity index (χ3v) is 2.06. The van der Waals surface area contributed by atoms with Crippen molar-refractivity contribution in [1.82, 2.24) is 4.98 Å². The number of aromatic nitrogens is 1. The Hall–Kier alpha value is -1.11. The first kappa shape index (κ1) is 6.59. The number of nitrogens with zero attached hydrogens (tertiary/aromatic N) is 1. The molecule has 1 aliphatic rings. The van der Waals surface area contributed by atoms with Crippen LogP contribution in [0.5, 0.6) is 0 Å². The quantitative estimate of drug-likeness (QED) is 0.546. The van der Waals surface area contributed by atoms with E-state index in [-0.39, 0.29) is 0 Å². The van der Waals surface area contributed by atoms with Crippen molar-refractivity contribution in [2.24, 2.45) is 0 Å². The van der Waals surface area contributed by atoms with Crippen molar-refractivity contribution in [3.8, 4) is 0 Å². The smallest absolute Gasteiger partial charge is 0.0342 e. The minimum absolute atomic E-state index is 1.20. The van der Waals surface area contributed by atoms with Crippen molar-refractivity contribution in [3.63, 3.8) is 0 Å². The number of rotatable bonds is 0. The monoisotopic (exact) mass is 145 g/mol. The Kier molecular flexibility index (Phi) is 1.72. The van der Waals surface area contributed by atoms with Gasteiger partial charge in [-0.3, -0.25) is 4.98 Å². The lowest BCUT2D eigenvalue weighted by Crippen LogP contribution is -1.87. The number of hydrogen-bond acceptors (Lipinski definition) is 1. The second-order valence-electron chi connectivity index (χ2n) is 2.87. The van der Waals surface area contributed by atoms with Gasteiger partial charge in [-0.25, -0.2) is 0 Å². The van der Waals surface area contributed by atoms with Gasteiger partial charge >= 0.3 is 0 Å². The van der Waals surface area contributed by atoms with Gasteiger partial charge in [0.05, 0.1) is 0 Å². The molecule has 1 aliphatic carbocycles. The van der Waals surface area contributed by atoms with Gasteiger partial charge in [0, 0.05) is 12.4 Å². The van der Waals surface area contributed by atoms with E-state index < -0.39 is 0 Å². The fourth-order valence-electron chi connectivity index (χ4n) is 1.43. The van der Waals surface area contributed by atoms with Crippen LogP contribution < -0.4 is 0 Å². The van der Waals surface area contributed by atoms with Crippen LogP contribution >= 0.6 is 0 Å². The second kappa shape index (κ2) is 2.87. The predicted molar refractivity (Wildman–Crippen MR) is 46.2 cm³/mol. The molecule has 0 spiro atoms. The highest BCUT2D eigenvalue weighted by atomic mass is 14.6. The molecule has 1 aromatic rings. The number of allylic oxidation sites excluding steroid dienone is 1. The first-order chi connectivity index (χ1) is 5.47. The molecule has 0 radical (unpaired) electrons. The Morgan fingerprint density at radius 2 is 2.36 bits per heavy atom. The average Bonchev–Trinajstić information content (AvgIpc) is 2.28. The maximum atomic E-state index is 4.09. The Balaban J connectivity index is 2.45. The summed E-state index contributed by atoms with van der Waals surface area (Å²) in [6, 6.07) is 2.12. The van der Waals surface area contributed by atoms with Crippen LogP contribution in [0.3, 0.4) is 0 Å². The summed E-state index contributed by atoms with van der Waals surface area (Å²) < 4.78 is 0. The third kappa shape index (κ3) is 1.32. The van der Waals surface area contributed by atoms with E-state index in [1.165, 1.54) is 30.4 Å². The summed E-state index contributed by atoms with van der Waals surface area (Å²) in [4.78, 5) is 4.09. The van der Waals surface area contributed by atoms with E-state index in [1.54, 1.807) is 0 Å². The predicted octanol–water partition coefficient (Wildman–Crippen LogP) is 2.43. The Bertz CT molecular complexity index is 276. The van der Waals surface area contributed by atoms with Gasteiger partial charge in [0.25, 0.3) is 0 Å². The molecule has 1 heterocycles. The largest absolute Gasteiger partial charge is 0.264 e. The highest BCUT2D eigenvalue weighted by Gasteiger charge is 2.01. The fourth-order valence-corrected chi connectivity index (χ4v) is 1.43. The maximum absolute atomic E-state index is 4.09. The van der Waals surface area contributed by atoms with Gasteiger partial charge in [-0.1, -0.05) is 12.2 Å². The van der Waals surface area contributed by atoms with Crippen LogP contribution in [0.15, 0.2) is 24.5 Å². The van der Waals surface area contributed by atoms with E-state index in [2.05, 4.69) is 23.2 Å². The van der Waals surface area contributed by atoms with Crippen molar-refractivity contribution in [2.45, 2.75) is 19.3 Å². The summed E-state index contributed by atoms with van der Waals surface area (Å²) in [6.07, 6.45) is 11.9. The normalized spacial score (nSPS) is 15.6. The fraction of sp³-hybridized carbons (Fsp3) is 0.300. The number of aryl methyl sites for hydroxylation is 1. The van der Waals surface area contributed by atoms with E-state index in [0.717, 1.165) is 0 Å². The van der Waals surface area contributed by atoms with Gasteiger partial charge < -0.3 is 0 Å². The van der Waals surface area contributed by atoms with Crippen molar-refractivity contribution in [2.75, 3.05) is 0 Å². The number of fused-ring (bicyclic) bond motifs is 1. The molecule has 0 atom stereocenters. The minimum Gasteiger partial charge on any atom is -0.264 e. The lowest BCUT2D eigenvalue weighted by molar-refractivity contribution is 0.850. The third-order valence-electron chi connectivity index (χ3n) is 2.06. The Labute approximate surface area is 66.8 Å². The minimum atomic E-state index is 1.20. The summed E-state index contributed by atoms with van der Waals surface area (Å²) in [7, 11) is 0. The van der Waals surface area contributed by atoms with Gasteiger partial charge in [0.1, 0.15) is 0 Å². The maximum Gasteiger partial charge on any atom is 0.0342 e. The van der Waals surface area contributed by atoms with Crippen LogP contribution in [0.4, 0.5) is 0 Å². The van der Waals surface area contributed by atoms with Crippen molar-refractivity contribution >= 4 is 6.08 Å². The Morgan fingerprint density at radius 1 is 1.36 bits per heavy atom. The molecule has 56 valence electrons. The standard InChI is InChI=1S/C10H11N/c1-2-4-9-6-7-11-8-10(9)5-3-1/h3,5-8H,1-2,4H2. The molecule has 0 N–H and O–H groups in total. The van der Waals surface area contributed by atoms with E-state index in [0.29, 0.717) is 0 Å². The molecule has 11 heavy (non-hydrogen) atoms. The average molecular weight is 145 g/mol. The summed E-state index contributed by atoms with van der Waals surface area (Å²) in [5.41, 5.74) is 2.73. The molecule has 2 rings (SSSR count). The Morgan fingerprint density at radius 3 is 3.36 bits per heavy atom. The zero-order chi connectivity index (χ0) is 7.52. The molecule has 1 nitrogen and oxygen atoms in total. The highest BCUT2D eigenvalue weighted by Crippen LogP contribution is 2.16. The molecular formula is C10H11N. The summed E-state index contributed by atoms with van der Waals surface area (Å²) in [5, 5.41) is 0. The summed E-state index contributed by atoms with van der Waals surface area (Å²) in [6.45, 7) is 0. The molecule has 1 heteroatoms. The zero-order valence-electron chi connectivity index (χ0n) is 6.46. The van der Waals surface area contributed by atoms with Gasteiger partial charge in [-0.15, -0.1) is 0 Å². The van der Waals surface area contributed by atoms with Crippen LogP contribution in [0.25, 0.3) is 6.08 Å². The number of pyridine rings is 1. The van der Waals surface area contributed by atoms with Gasteiger partial charge in [0.15, 0.2) is 0 Å². The molecule has 0 saturated carbocycles. The topological polar surface area (TPSA) is 12.9 Å². The van der Waals surface area contributed by atoms with Gasteiger partial charge in [0.2, 0.25) is 0 Å². The molecular weight excluding hydrogens is 134 g/mol. The first-order valence-electron chi connectivity index (χ1n) is 4.06. The van der Waals surface area contributed by atoms with Crippen LogP contribution in [0.1, 0.15) is 24.0 Å². The van der Waals surface area contributed by atoms with Crippen LogP contribution in [-0.4, -0.2) is 4.98 Å². The zero-order valence-corrected chi connectivity index (χ0v) is 6.46. The molecule has 0 amide bonds. The van der Waals surface area contributed by atoms with Crippen LogP contribution in [0.2, 0.25) is 0 Å². The van der Waals surface area contributed by atoms with Crippen LogP contribution in [0, 0.1) is 0 Å². The molecule has 0 saturated heterocycles. The van der Waals surface area contributed by atoms with Gasteiger partial charge in [-0.2, -0.15) is 0 Å². The molecule has 0 aliphatic heterocycles. The SMILES string of the molecule is C1=Cc2cnccc2CCC1. The van der Waals surface area contributed by atoms with Crippen molar-refractivity contribution < 1.29 is 0 Å².